The SMILES string of the molecule is O=C1CC=NN1c1cscc1O. The highest BCUT2D eigenvalue weighted by atomic mass is 32.1. The molecule has 1 aliphatic rings. The summed E-state index contributed by atoms with van der Waals surface area (Å²) in [6, 6.07) is 0. The molecule has 1 N–H and O–H groups in total. The maximum atomic E-state index is 11.1. The summed E-state index contributed by atoms with van der Waals surface area (Å²) >= 11 is 1.34. The lowest BCUT2D eigenvalue weighted by Crippen LogP contribution is -2.18. The lowest BCUT2D eigenvalue weighted by molar-refractivity contribution is -0.116. The van der Waals surface area contributed by atoms with Gasteiger partial charge in [0.05, 0.1) is 6.42 Å². The Kier molecular flexibility index (Phi) is 1.58. The first kappa shape index (κ1) is 7.30. The average molecular weight is 182 g/mol. The summed E-state index contributed by atoms with van der Waals surface area (Å²) in [7, 11) is 0. The number of thiophene rings is 1. The molecule has 0 fully saturated rings. The Balaban J connectivity index is 2.36. The van der Waals surface area contributed by atoms with Crippen molar-refractivity contribution in [3.8, 4) is 5.75 Å². The molecule has 2 heterocycles. The van der Waals surface area contributed by atoms with Crippen molar-refractivity contribution in [2.75, 3.05) is 5.01 Å². The van der Waals surface area contributed by atoms with Crippen molar-refractivity contribution in [3.05, 3.63) is 10.8 Å². The number of carbonyl (C=O) groups excluding carboxylic acids is 1. The summed E-state index contributed by atoms with van der Waals surface area (Å²) in [6.07, 6.45) is 1.84. The van der Waals surface area contributed by atoms with Crippen LogP contribution in [0.25, 0.3) is 0 Å². The molecule has 4 nitrogen and oxygen atoms in total. The van der Waals surface area contributed by atoms with E-state index in [-0.39, 0.29) is 11.7 Å². The van der Waals surface area contributed by atoms with Crippen molar-refractivity contribution in [1.82, 2.24) is 0 Å². The fourth-order valence-electron chi connectivity index (χ4n) is 0.990. The van der Waals surface area contributed by atoms with Crippen LogP contribution >= 0.6 is 11.3 Å². The Morgan fingerprint density at radius 3 is 2.92 bits per heavy atom. The minimum absolute atomic E-state index is 0.104. The van der Waals surface area contributed by atoms with Crippen molar-refractivity contribution in [2.45, 2.75) is 6.42 Å². The van der Waals surface area contributed by atoms with E-state index in [9.17, 15) is 9.90 Å². The lowest BCUT2D eigenvalue weighted by atomic mass is 10.4. The highest BCUT2D eigenvalue weighted by Crippen LogP contribution is 2.32. The molecule has 1 amide bonds. The first-order valence-corrected chi connectivity index (χ1v) is 4.34. The summed E-state index contributed by atoms with van der Waals surface area (Å²) in [5, 5.41) is 17.6. The zero-order valence-electron chi connectivity index (χ0n) is 6.10. The van der Waals surface area contributed by atoms with Crippen molar-refractivity contribution in [3.63, 3.8) is 0 Å². The smallest absolute Gasteiger partial charge is 0.252 e. The Hall–Kier alpha value is -1.36. The van der Waals surface area contributed by atoms with Gasteiger partial charge in [0.1, 0.15) is 5.69 Å². The quantitative estimate of drug-likeness (QED) is 0.709. The molecule has 0 aliphatic carbocycles. The molecule has 12 heavy (non-hydrogen) atoms. The molecular weight excluding hydrogens is 176 g/mol. The molecule has 1 aromatic heterocycles. The van der Waals surface area contributed by atoms with E-state index < -0.39 is 0 Å². The molecule has 0 atom stereocenters. The fourth-order valence-corrected chi connectivity index (χ4v) is 1.66. The van der Waals surface area contributed by atoms with E-state index in [1.807, 2.05) is 0 Å². The van der Waals surface area contributed by atoms with E-state index in [2.05, 4.69) is 5.10 Å². The highest BCUT2D eigenvalue weighted by molar-refractivity contribution is 7.08. The molecule has 1 aromatic rings. The number of rotatable bonds is 1. The van der Waals surface area contributed by atoms with E-state index in [0.717, 1.165) is 0 Å². The summed E-state index contributed by atoms with van der Waals surface area (Å²) in [6.45, 7) is 0. The number of amides is 1. The van der Waals surface area contributed by atoms with Crippen LogP contribution in [0.15, 0.2) is 15.9 Å². The predicted octanol–water partition coefficient (Wildman–Crippen LogP) is 1.18. The van der Waals surface area contributed by atoms with Gasteiger partial charge in [0.25, 0.3) is 5.91 Å². The third-order valence-corrected chi connectivity index (χ3v) is 2.27. The van der Waals surface area contributed by atoms with Gasteiger partial charge in [-0.15, -0.1) is 11.3 Å². The first-order chi connectivity index (χ1) is 5.79. The van der Waals surface area contributed by atoms with Crippen LogP contribution in [0.2, 0.25) is 0 Å². The van der Waals surface area contributed by atoms with Gasteiger partial charge in [-0.05, 0) is 0 Å². The minimum atomic E-state index is -0.108. The largest absolute Gasteiger partial charge is 0.505 e. The lowest BCUT2D eigenvalue weighted by Gasteiger charge is -2.08. The highest BCUT2D eigenvalue weighted by Gasteiger charge is 2.21. The fraction of sp³-hybridized carbons (Fsp3) is 0.143. The van der Waals surface area contributed by atoms with Crippen LogP contribution in [0.4, 0.5) is 5.69 Å². The Bertz CT molecular complexity index is 345. The van der Waals surface area contributed by atoms with Crippen molar-refractivity contribution < 1.29 is 9.90 Å². The van der Waals surface area contributed by atoms with Gasteiger partial charge in [-0.1, -0.05) is 0 Å². The molecule has 0 spiro atoms. The van der Waals surface area contributed by atoms with Crippen molar-refractivity contribution in [2.24, 2.45) is 5.10 Å². The monoisotopic (exact) mass is 182 g/mol. The third-order valence-electron chi connectivity index (χ3n) is 1.55. The van der Waals surface area contributed by atoms with Gasteiger partial charge in [-0.2, -0.15) is 10.1 Å². The second kappa shape index (κ2) is 2.60. The summed E-state index contributed by atoms with van der Waals surface area (Å²) < 4.78 is 0. The van der Waals surface area contributed by atoms with Crippen LogP contribution in [0.5, 0.6) is 5.75 Å². The summed E-state index contributed by atoms with van der Waals surface area (Å²) in [5.41, 5.74) is 0.471. The van der Waals surface area contributed by atoms with Crippen LogP contribution in [0, 0.1) is 0 Å². The number of anilines is 1. The van der Waals surface area contributed by atoms with Crippen LogP contribution < -0.4 is 5.01 Å². The number of hydrazone groups is 1. The van der Waals surface area contributed by atoms with E-state index in [0.29, 0.717) is 12.1 Å². The molecule has 0 saturated carbocycles. The molecule has 0 unspecified atom stereocenters. The topological polar surface area (TPSA) is 52.9 Å². The normalized spacial score (nSPS) is 16.0. The zero-order chi connectivity index (χ0) is 8.55. The minimum Gasteiger partial charge on any atom is -0.505 e. The van der Waals surface area contributed by atoms with Gasteiger partial charge in [-0.3, -0.25) is 4.79 Å². The van der Waals surface area contributed by atoms with Crippen LogP contribution in [0.3, 0.4) is 0 Å². The maximum absolute atomic E-state index is 11.1. The van der Waals surface area contributed by atoms with Gasteiger partial charge >= 0.3 is 0 Å². The standard InChI is InChI=1S/C7H6N2O2S/c10-6-4-12-3-5(6)9-7(11)1-2-8-9/h2-4,10H,1H2. The molecule has 0 bridgehead atoms. The zero-order valence-corrected chi connectivity index (χ0v) is 6.91. The van der Waals surface area contributed by atoms with E-state index >= 15 is 0 Å². The van der Waals surface area contributed by atoms with Gasteiger partial charge in [0.15, 0.2) is 5.75 Å². The Labute approximate surface area is 72.7 Å². The van der Waals surface area contributed by atoms with Crippen LogP contribution in [0.1, 0.15) is 6.42 Å². The average Bonchev–Trinajstić information content (AvgIpc) is 2.59. The number of carbonyl (C=O) groups is 1. The number of hydrogen-bond donors (Lipinski definition) is 1. The van der Waals surface area contributed by atoms with E-state index in [1.165, 1.54) is 22.6 Å². The molecular formula is C7H6N2O2S. The molecule has 0 aromatic carbocycles. The Morgan fingerprint density at radius 2 is 2.42 bits per heavy atom. The molecule has 5 heteroatoms. The number of hydrogen-bond acceptors (Lipinski definition) is 4. The summed E-state index contributed by atoms with van der Waals surface area (Å²) in [4.78, 5) is 11.1. The second-order valence-electron chi connectivity index (χ2n) is 2.35. The molecule has 62 valence electrons. The van der Waals surface area contributed by atoms with Crippen molar-refractivity contribution >= 4 is 29.1 Å². The summed E-state index contributed by atoms with van der Waals surface area (Å²) in [5.74, 6) is -0.00361. The number of nitrogens with zero attached hydrogens (tertiary/aromatic N) is 2. The van der Waals surface area contributed by atoms with Gasteiger partial charge in [0, 0.05) is 17.0 Å². The van der Waals surface area contributed by atoms with Crippen molar-refractivity contribution in [1.29, 1.82) is 0 Å². The Morgan fingerprint density at radius 1 is 1.58 bits per heavy atom. The van der Waals surface area contributed by atoms with Gasteiger partial charge in [0.2, 0.25) is 0 Å². The van der Waals surface area contributed by atoms with Gasteiger partial charge < -0.3 is 5.11 Å². The molecule has 0 radical (unpaired) electrons. The van der Waals surface area contributed by atoms with Crippen LogP contribution in [-0.2, 0) is 4.79 Å². The molecule has 0 saturated heterocycles. The number of aromatic hydroxyl groups is 1. The second-order valence-corrected chi connectivity index (χ2v) is 3.09. The molecule has 2 rings (SSSR count). The first-order valence-electron chi connectivity index (χ1n) is 3.39. The maximum Gasteiger partial charge on any atom is 0.252 e. The van der Waals surface area contributed by atoms with E-state index in [4.69, 9.17) is 0 Å². The predicted molar refractivity (Wildman–Crippen MR) is 46.6 cm³/mol. The molecule has 1 aliphatic heterocycles. The van der Waals surface area contributed by atoms with Gasteiger partial charge in [-0.25, -0.2) is 0 Å². The third kappa shape index (κ3) is 0.984. The van der Waals surface area contributed by atoms with Crippen LogP contribution in [-0.4, -0.2) is 17.2 Å². The van der Waals surface area contributed by atoms with E-state index in [1.54, 1.807) is 10.8 Å².